The van der Waals surface area contributed by atoms with Crippen molar-refractivity contribution in [1.29, 1.82) is 0 Å². The number of phenolic OH excluding ortho intramolecular Hbond substituents is 1. The molecule has 4 heterocycles. The van der Waals surface area contributed by atoms with Gasteiger partial charge in [0.15, 0.2) is 17.5 Å². The van der Waals surface area contributed by atoms with Crippen LogP contribution in [0.5, 0.6) is 5.75 Å². The highest BCUT2D eigenvalue weighted by atomic mass is 32.2. The molecule has 1 aromatic heterocycles. The number of likely N-dealkylation sites (N-methyl/N-ethyl adjacent to an activating group) is 3. The lowest BCUT2D eigenvalue weighted by Gasteiger charge is -2.38. The Labute approximate surface area is 732 Å². The minimum Gasteiger partial charge on any atom is -0.508 e. The average molecular weight is 1790 g/mol. The van der Waals surface area contributed by atoms with Crippen molar-refractivity contribution in [3.05, 3.63) is 173 Å². The Kier molecular flexibility index (Phi) is 35.2. The highest BCUT2D eigenvalue weighted by molar-refractivity contribution is 8.00. The minimum atomic E-state index is -2.02. The topological polar surface area (TPSA) is 500 Å². The lowest BCUT2D eigenvalue weighted by molar-refractivity contribution is -0.152. The van der Waals surface area contributed by atoms with Gasteiger partial charge in [0.05, 0.1) is 25.3 Å². The average Bonchev–Trinajstić information content (AvgIpc) is 1.79. The van der Waals surface area contributed by atoms with E-state index in [1.165, 1.54) is 50.5 Å². The summed E-state index contributed by atoms with van der Waals surface area (Å²) < 4.78 is 59.4. The third kappa shape index (κ3) is 26.5. The Morgan fingerprint density at radius 3 is 1.76 bits per heavy atom. The first-order valence-corrected chi connectivity index (χ1v) is 42.7. The van der Waals surface area contributed by atoms with E-state index in [1.54, 1.807) is 81.6 Å². The van der Waals surface area contributed by atoms with Crippen molar-refractivity contribution < 1.29 is 110 Å². The standard InChI is InChI=1S/C87H106F4N16O19S/c1-7-8-21-67-85(124)107-33-16-23-66(107)80(119)102-87(126)101-74(47(2)3)86(125)104(5)68(38-48-17-10-9-11-18-48)81(120)98-62(41-72(112)113)83(122)106-32-15-14-22-65(106)79(118)97-60(40-52-42-93-58-20-13-12-19-55(52)58)77(116)96-59(36-49-26-30-54(109)31-27-49)76(115)99-63(44-108)78(117)100-64(75(114)94-43-70(92)110)45-127-46-71(111)95-61(37-51-34-56(89)73(91)57(90)35-51)82(121)105(6)69(84(123)103(67)4)39-50-24-28-53(88)29-25-50/h9-13,17-20,24-31,34-35,42,47,59-69,74,93,108-109H,7-8,14-16,21-23,32-33,36-41,43-46H2,1-6H3,(H2,92,110)(H,94,114)(H,95,111)(H,96,116)(H,97,118)(H,98,120)(H,99,115)(H,100,117)(H,112,113)(H2,101,102,119,126)/t59-,60-,61-,62-,63-,64-,65+,66+,67-,68-,69-,74-/m0/s1. The molecule has 0 saturated carbocycles. The number of unbranched alkanes of at least 4 members (excludes halogenated alkanes) is 1. The molecule has 0 spiro atoms. The van der Waals surface area contributed by atoms with Crippen LogP contribution in [0.1, 0.15) is 106 Å². The number of aromatic amines is 1. The molecule has 35 nitrogen and oxygen atoms in total. The Morgan fingerprint density at radius 1 is 0.551 bits per heavy atom. The number of aromatic hydroxyl groups is 1. The number of urea groups is 1. The zero-order valence-corrected chi connectivity index (χ0v) is 71.6. The second-order valence-electron chi connectivity index (χ2n) is 31.9. The molecule has 127 heavy (non-hydrogen) atoms. The zero-order valence-electron chi connectivity index (χ0n) is 70.8. The maximum Gasteiger partial charge on any atom is 0.322 e. The number of fused-ring (bicyclic) bond motifs is 3. The summed E-state index contributed by atoms with van der Waals surface area (Å²) in [6, 6.07) is 4.57. The van der Waals surface area contributed by atoms with Gasteiger partial charge in [-0.15, -0.1) is 11.8 Å². The summed E-state index contributed by atoms with van der Waals surface area (Å²) in [5, 5.41) is 54.3. The number of imide groups is 1. The van der Waals surface area contributed by atoms with Crippen LogP contribution in [0.2, 0.25) is 0 Å². The van der Waals surface area contributed by atoms with Crippen molar-refractivity contribution in [3.63, 3.8) is 0 Å². The number of thioether (sulfide) groups is 1. The molecule has 3 aliphatic heterocycles. The van der Waals surface area contributed by atoms with Crippen LogP contribution in [0.3, 0.4) is 0 Å². The number of aromatic nitrogens is 1. The molecule has 0 radical (unpaired) electrons. The number of carboxylic acid groups (broad SMARTS) is 1. The number of carbonyl (C=O) groups is 16. The number of phenols is 1. The van der Waals surface area contributed by atoms with Crippen LogP contribution in [0.4, 0.5) is 22.4 Å². The molecule has 15 N–H and O–H groups in total. The number of carboxylic acids is 1. The molecule has 5 aromatic carbocycles. The number of nitrogens with zero attached hydrogens (tertiary/aromatic N) is 5. The highest BCUT2D eigenvalue weighted by Crippen LogP contribution is 2.28. The molecular formula is C87H106F4N16O19S. The fraction of sp³-hybridized carbons (Fsp3) is 0.448. The number of benzene rings is 5. The fourth-order valence-electron chi connectivity index (χ4n) is 15.4. The number of nitrogens with one attached hydrogen (secondary N) is 10. The first-order valence-electron chi connectivity index (χ1n) is 41.5. The molecule has 0 unspecified atom stereocenters. The van der Waals surface area contributed by atoms with E-state index in [0.29, 0.717) is 58.8 Å². The van der Waals surface area contributed by atoms with Gasteiger partial charge in [-0.2, -0.15) is 0 Å². The molecule has 40 heteroatoms. The van der Waals surface area contributed by atoms with Crippen LogP contribution >= 0.6 is 11.8 Å². The van der Waals surface area contributed by atoms with Gasteiger partial charge in [-0.1, -0.05) is 106 Å². The number of rotatable bonds is 20. The number of aliphatic carboxylic acids is 1. The summed E-state index contributed by atoms with van der Waals surface area (Å²) in [7, 11) is 3.59. The van der Waals surface area contributed by atoms with E-state index >= 15 is 47.1 Å². The lowest BCUT2D eigenvalue weighted by atomic mass is 9.97. The number of amides is 16. The Hall–Kier alpha value is -13.0. The van der Waals surface area contributed by atoms with E-state index < -0.39 is 252 Å². The van der Waals surface area contributed by atoms with Crippen molar-refractivity contribution >= 4 is 117 Å². The SMILES string of the molecule is CCCC[C@H]1C(=O)N2CCC[C@@H]2C(=O)NC(=O)N[C@@H](C(C)C)C(=O)N(C)[C@@H](Cc2ccccc2)C(=O)N[C@@H](CC(=O)O)C(=O)N2CCCC[C@@H]2C(=O)N[C@@H](Cc2c[nH]c3ccccc23)C(=O)N[C@@H](Cc2ccc(O)cc2)C(=O)N[C@@H](CO)C(=O)N[C@H](C(=O)NCC(N)=O)CSCC(=O)N[C@@H](Cc2cc(F)c(F)c(F)c2)C(=O)N(C)[C@@H](Cc2ccc(F)cc2)C(=O)N1C. The largest absolute Gasteiger partial charge is 0.508 e. The maximum absolute atomic E-state index is 15.6. The number of piperidine rings is 1. The van der Waals surface area contributed by atoms with E-state index in [0.717, 1.165) is 43.7 Å². The van der Waals surface area contributed by atoms with Crippen molar-refractivity contribution in [2.24, 2.45) is 11.7 Å². The second kappa shape index (κ2) is 45.8. The van der Waals surface area contributed by atoms with Crippen LogP contribution < -0.4 is 53.6 Å². The molecule has 0 aliphatic carbocycles. The Bertz CT molecular complexity index is 4990. The van der Waals surface area contributed by atoms with E-state index in [4.69, 9.17) is 5.73 Å². The summed E-state index contributed by atoms with van der Waals surface area (Å²) in [6.07, 6.45) is -0.590. The van der Waals surface area contributed by atoms with Crippen LogP contribution in [0, 0.1) is 29.2 Å². The van der Waals surface area contributed by atoms with Gasteiger partial charge in [-0.3, -0.25) is 77.2 Å². The summed E-state index contributed by atoms with van der Waals surface area (Å²) >= 11 is 0.585. The monoisotopic (exact) mass is 1790 g/mol. The molecule has 9 rings (SSSR count). The number of hydrogen-bond acceptors (Lipinski definition) is 19. The summed E-state index contributed by atoms with van der Waals surface area (Å²) in [5.74, 6) is -24.8. The molecule has 6 aromatic rings. The second-order valence-corrected chi connectivity index (χ2v) is 32.9. The van der Waals surface area contributed by atoms with E-state index in [9.17, 15) is 62.5 Å². The van der Waals surface area contributed by atoms with Gasteiger partial charge in [0.25, 0.3) is 5.91 Å². The molecule has 3 fully saturated rings. The molecule has 3 aliphatic rings. The predicted octanol–water partition coefficient (Wildman–Crippen LogP) is 1.56. The number of para-hydroxylation sites is 1. The number of aliphatic hydroxyl groups is 1. The Morgan fingerprint density at radius 2 is 1.10 bits per heavy atom. The van der Waals surface area contributed by atoms with Gasteiger partial charge in [0.2, 0.25) is 76.8 Å². The number of H-pyrrole nitrogens is 1. The fourth-order valence-corrected chi connectivity index (χ4v) is 16.3. The predicted molar refractivity (Wildman–Crippen MR) is 453 cm³/mol. The number of carbonyl (C=O) groups excluding carboxylic acids is 15. The Balaban J connectivity index is 1.11. The summed E-state index contributed by atoms with van der Waals surface area (Å²) in [5.41, 5.74) is 6.96. The van der Waals surface area contributed by atoms with E-state index in [2.05, 4.69) is 52.8 Å². The molecule has 682 valence electrons. The molecule has 16 amide bonds. The van der Waals surface area contributed by atoms with Gasteiger partial charge in [-0.05, 0) is 115 Å². The molecule has 12 atom stereocenters. The van der Waals surface area contributed by atoms with Crippen LogP contribution in [-0.2, 0) is 104 Å². The van der Waals surface area contributed by atoms with Crippen molar-refractivity contribution in [3.8, 4) is 5.75 Å². The smallest absolute Gasteiger partial charge is 0.322 e. The van der Waals surface area contributed by atoms with Gasteiger partial charge in [0.1, 0.15) is 84.1 Å². The number of primary amides is 1. The van der Waals surface area contributed by atoms with Gasteiger partial charge >= 0.3 is 12.0 Å². The quantitative estimate of drug-likeness (QED) is 0.0381. The van der Waals surface area contributed by atoms with E-state index in [1.807, 2.05) is 0 Å². The third-order valence-electron chi connectivity index (χ3n) is 22.4. The number of aliphatic hydroxyl groups excluding tert-OH is 1. The van der Waals surface area contributed by atoms with Crippen molar-refractivity contribution in [2.75, 3.05) is 58.9 Å². The normalized spacial score (nSPS) is 23.5. The van der Waals surface area contributed by atoms with Gasteiger partial charge in [0, 0.05) is 89.2 Å². The van der Waals surface area contributed by atoms with Gasteiger partial charge < -0.3 is 93.1 Å². The van der Waals surface area contributed by atoms with Crippen LogP contribution in [0.25, 0.3) is 10.9 Å². The first kappa shape index (κ1) is 97.8. The molecule has 0 bridgehead atoms. The number of hydrogen-bond donors (Lipinski definition) is 14. The number of halogens is 4. The summed E-state index contributed by atoms with van der Waals surface area (Å²) in [6.45, 7) is 2.52. The van der Waals surface area contributed by atoms with Crippen molar-refractivity contribution in [2.45, 2.75) is 183 Å². The number of nitrogens with two attached hydrogens (primary N) is 1. The molecular weight excluding hydrogens is 1680 g/mol. The molecule has 3 saturated heterocycles. The first-order chi connectivity index (χ1) is 60.4. The lowest BCUT2D eigenvalue weighted by Crippen LogP contribution is -2.63. The van der Waals surface area contributed by atoms with Gasteiger partial charge in [-0.25, -0.2) is 22.4 Å². The zero-order chi connectivity index (χ0) is 92.6. The van der Waals surface area contributed by atoms with Crippen LogP contribution in [-0.4, -0.2) is 271 Å². The van der Waals surface area contributed by atoms with E-state index in [-0.39, 0.29) is 81.3 Å². The van der Waals surface area contributed by atoms with Crippen LogP contribution in [0.15, 0.2) is 121 Å². The third-order valence-corrected chi connectivity index (χ3v) is 23.4. The summed E-state index contributed by atoms with van der Waals surface area (Å²) in [4.78, 5) is 242. The van der Waals surface area contributed by atoms with Crippen molar-refractivity contribution in [1.82, 2.24) is 77.3 Å². The highest BCUT2D eigenvalue weighted by Gasteiger charge is 2.46. The maximum atomic E-state index is 15.6. The minimum absolute atomic E-state index is 0.0323.